The Bertz CT molecular complexity index is 185. The number of rotatable bonds is 1. The van der Waals surface area contributed by atoms with Gasteiger partial charge in [-0.3, -0.25) is 4.84 Å². The highest BCUT2D eigenvalue weighted by molar-refractivity contribution is 5.02. The van der Waals surface area contributed by atoms with E-state index in [2.05, 4.69) is 0 Å². The fourth-order valence-corrected chi connectivity index (χ4v) is 0.609. The molecule has 0 saturated heterocycles. The SMILES string of the molecule is CO[n+]1ccc(C)cc1.[I-]. The number of hydrogen-bond donors (Lipinski definition) is 0. The van der Waals surface area contributed by atoms with Crippen LogP contribution in [0.15, 0.2) is 24.5 Å². The molecule has 56 valence electrons. The minimum Gasteiger partial charge on any atom is -1.00 e. The molecule has 0 atom stereocenters. The molecule has 0 fully saturated rings. The summed E-state index contributed by atoms with van der Waals surface area (Å²) < 4.78 is 1.65. The van der Waals surface area contributed by atoms with Gasteiger partial charge in [0.1, 0.15) is 7.11 Å². The summed E-state index contributed by atoms with van der Waals surface area (Å²) in [5, 5.41) is 0. The number of hydrogen-bond acceptors (Lipinski definition) is 1. The minimum absolute atomic E-state index is 0. The number of nitrogens with zero attached hydrogens (tertiary/aromatic N) is 1. The van der Waals surface area contributed by atoms with E-state index < -0.39 is 0 Å². The van der Waals surface area contributed by atoms with E-state index >= 15 is 0 Å². The van der Waals surface area contributed by atoms with E-state index in [0.717, 1.165) is 0 Å². The van der Waals surface area contributed by atoms with Gasteiger partial charge in [0.15, 0.2) is 0 Å². The number of aromatic nitrogens is 1. The monoisotopic (exact) mass is 251 g/mol. The van der Waals surface area contributed by atoms with Gasteiger partial charge in [0.25, 0.3) is 0 Å². The second-order valence-electron chi connectivity index (χ2n) is 1.92. The van der Waals surface area contributed by atoms with Crippen LogP contribution < -0.4 is 33.5 Å². The van der Waals surface area contributed by atoms with Gasteiger partial charge in [0.2, 0.25) is 12.4 Å². The summed E-state index contributed by atoms with van der Waals surface area (Å²) in [4.78, 5) is 4.89. The molecular weight excluding hydrogens is 241 g/mol. The first kappa shape index (κ1) is 9.68. The van der Waals surface area contributed by atoms with Crippen LogP contribution in [0.25, 0.3) is 0 Å². The Balaban J connectivity index is 0.000000810. The van der Waals surface area contributed by atoms with Crippen molar-refractivity contribution in [3.8, 4) is 0 Å². The zero-order chi connectivity index (χ0) is 6.69. The van der Waals surface area contributed by atoms with E-state index in [1.165, 1.54) is 5.56 Å². The predicted octanol–water partition coefficient (Wildman–Crippen LogP) is -2.66. The summed E-state index contributed by atoms with van der Waals surface area (Å²) in [5.41, 5.74) is 1.24. The molecule has 0 aliphatic heterocycles. The zero-order valence-electron chi connectivity index (χ0n) is 6.04. The van der Waals surface area contributed by atoms with Crippen LogP contribution in [0.3, 0.4) is 0 Å². The molecule has 1 rings (SSSR count). The Hall–Kier alpha value is -0.320. The lowest BCUT2D eigenvalue weighted by Crippen LogP contribution is -3.00. The Labute approximate surface area is 77.8 Å². The van der Waals surface area contributed by atoms with E-state index in [4.69, 9.17) is 4.84 Å². The maximum Gasteiger partial charge on any atom is 0.222 e. The summed E-state index contributed by atoms with van der Waals surface area (Å²) >= 11 is 0. The van der Waals surface area contributed by atoms with E-state index in [1.807, 2.05) is 31.5 Å². The van der Waals surface area contributed by atoms with Crippen molar-refractivity contribution in [3.63, 3.8) is 0 Å². The van der Waals surface area contributed by atoms with Crippen molar-refractivity contribution in [3.05, 3.63) is 30.1 Å². The van der Waals surface area contributed by atoms with Crippen LogP contribution in [0.2, 0.25) is 0 Å². The third-order valence-electron chi connectivity index (χ3n) is 1.18. The van der Waals surface area contributed by atoms with Crippen molar-refractivity contribution in [1.29, 1.82) is 0 Å². The molecule has 0 amide bonds. The number of pyridine rings is 1. The van der Waals surface area contributed by atoms with E-state index in [-0.39, 0.29) is 24.0 Å². The molecule has 2 nitrogen and oxygen atoms in total. The Morgan fingerprint density at radius 2 is 1.80 bits per heavy atom. The maximum absolute atomic E-state index is 4.89. The van der Waals surface area contributed by atoms with Crippen LogP contribution in [0, 0.1) is 6.92 Å². The smallest absolute Gasteiger partial charge is 0.222 e. The van der Waals surface area contributed by atoms with Gasteiger partial charge in [-0.25, -0.2) is 0 Å². The van der Waals surface area contributed by atoms with Crippen molar-refractivity contribution in [2.24, 2.45) is 0 Å². The molecular formula is C7H10INO. The highest BCUT2D eigenvalue weighted by Crippen LogP contribution is 1.87. The fraction of sp³-hybridized carbons (Fsp3) is 0.286. The van der Waals surface area contributed by atoms with E-state index in [9.17, 15) is 0 Å². The van der Waals surface area contributed by atoms with Gasteiger partial charge in [-0.2, -0.15) is 0 Å². The van der Waals surface area contributed by atoms with Crippen LogP contribution in [0.1, 0.15) is 5.56 Å². The Morgan fingerprint density at radius 3 is 2.20 bits per heavy atom. The van der Waals surface area contributed by atoms with Crippen molar-refractivity contribution < 1.29 is 33.5 Å². The average Bonchev–Trinajstić information content (AvgIpc) is 1.90. The summed E-state index contributed by atoms with van der Waals surface area (Å²) in [6.07, 6.45) is 3.74. The van der Waals surface area contributed by atoms with Crippen LogP contribution >= 0.6 is 0 Å². The maximum atomic E-state index is 4.89. The van der Waals surface area contributed by atoms with Crippen molar-refractivity contribution in [2.75, 3.05) is 7.11 Å². The summed E-state index contributed by atoms with van der Waals surface area (Å²) in [7, 11) is 1.63. The predicted molar refractivity (Wildman–Crippen MR) is 33.9 cm³/mol. The van der Waals surface area contributed by atoms with E-state index in [1.54, 1.807) is 11.8 Å². The second-order valence-corrected chi connectivity index (χ2v) is 1.92. The van der Waals surface area contributed by atoms with Crippen molar-refractivity contribution in [1.82, 2.24) is 0 Å². The van der Waals surface area contributed by atoms with Gasteiger partial charge < -0.3 is 24.0 Å². The van der Waals surface area contributed by atoms with Gasteiger partial charge in [0, 0.05) is 16.9 Å². The first-order valence-corrected chi connectivity index (χ1v) is 2.85. The quantitative estimate of drug-likeness (QED) is 0.392. The summed E-state index contributed by atoms with van der Waals surface area (Å²) in [6, 6.07) is 3.98. The third kappa shape index (κ3) is 2.51. The fourth-order valence-electron chi connectivity index (χ4n) is 0.609. The molecule has 0 unspecified atom stereocenters. The van der Waals surface area contributed by atoms with Gasteiger partial charge in [-0.15, -0.1) is 0 Å². The highest BCUT2D eigenvalue weighted by atomic mass is 127. The molecule has 0 radical (unpaired) electrons. The Kier molecular flexibility index (Phi) is 4.34. The molecule has 1 aromatic rings. The van der Waals surface area contributed by atoms with Crippen LogP contribution in [-0.2, 0) is 0 Å². The molecule has 1 heterocycles. The molecule has 0 spiro atoms. The first-order chi connectivity index (χ1) is 4.33. The third-order valence-corrected chi connectivity index (χ3v) is 1.18. The standard InChI is InChI=1S/C7H10NO.HI/c1-7-3-5-8(9-2)6-4-7;/h3-6H,1-2H3;1H/q+1;/p-1. The lowest BCUT2D eigenvalue weighted by atomic mass is 10.3. The average molecular weight is 251 g/mol. The lowest BCUT2D eigenvalue weighted by Gasteiger charge is -1.88. The van der Waals surface area contributed by atoms with E-state index in [0.29, 0.717) is 0 Å². The molecule has 0 N–H and O–H groups in total. The first-order valence-electron chi connectivity index (χ1n) is 2.85. The topological polar surface area (TPSA) is 13.1 Å². The van der Waals surface area contributed by atoms with Crippen molar-refractivity contribution in [2.45, 2.75) is 6.92 Å². The minimum atomic E-state index is 0. The van der Waals surface area contributed by atoms with Gasteiger partial charge in [-0.05, 0) is 12.5 Å². The van der Waals surface area contributed by atoms with Gasteiger partial charge in [-0.1, -0.05) is 0 Å². The summed E-state index contributed by atoms with van der Waals surface area (Å²) in [6.45, 7) is 2.04. The lowest BCUT2D eigenvalue weighted by molar-refractivity contribution is -0.885. The number of halogens is 1. The number of aryl methyl sites for hydroxylation is 1. The van der Waals surface area contributed by atoms with Gasteiger partial charge >= 0.3 is 0 Å². The molecule has 3 heteroatoms. The van der Waals surface area contributed by atoms with Gasteiger partial charge in [0.05, 0.1) is 0 Å². The molecule has 10 heavy (non-hydrogen) atoms. The molecule has 0 saturated carbocycles. The van der Waals surface area contributed by atoms with Crippen LogP contribution in [0.5, 0.6) is 0 Å². The molecule has 0 aromatic carbocycles. The zero-order valence-corrected chi connectivity index (χ0v) is 8.20. The Morgan fingerprint density at radius 1 is 1.30 bits per heavy atom. The van der Waals surface area contributed by atoms with Crippen LogP contribution in [-0.4, -0.2) is 7.11 Å². The molecule has 0 bridgehead atoms. The van der Waals surface area contributed by atoms with Crippen molar-refractivity contribution >= 4 is 0 Å². The second kappa shape index (κ2) is 4.49. The summed E-state index contributed by atoms with van der Waals surface area (Å²) in [5.74, 6) is 0. The van der Waals surface area contributed by atoms with Crippen LogP contribution in [0.4, 0.5) is 0 Å². The normalized spacial score (nSPS) is 8.20. The molecule has 0 aliphatic carbocycles. The molecule has 1 aromatic heterocycles. The largest absolute Gasteiger partial charge is 1.00 e. The molecule has 0 aliphatic rings. The highest BCUT2D eigenvalue weighted by Gasteiger charge is 1.93.